The van der Waals surface area contributed by atoms with Crippen LogP contribution >= 0.6 is 22.6 Å². The molecule has 3 nitrogen and oxygen atoms in total. The molecule has 0 radical (unpaired) electrons. The van der Waals surface area contributed by atoms with Gasteiger partial charge in [0.25, 0.3) is 0 Å². The maximum Gasteiger partial charge on any atom is 0.139 e. The topological polar surface area (TPSA) is 27.1 Å². The highest BCUT2D eigenvalue weighted by Crippen LogP contribution is 2.28. The smallest absolute Gasteiger partial charge is 0.139 e. The molecule has 4 heteroatoms. The summed E-state index contributed by atoms with van der Waals surface area (Å²) in [5, 5.41) is 4.12. The summed E-state index contributed by atoms with van der Waals surface area (Å²) in [5.41, 5.74) is 0. The van der Waals surface area contributed by atoms with Crippen LogP contribution in [0.25, 0.3) is 0 Å². The predicted octanol–water partition coefficient (Wildman–Crippen LogP) is 1.87. The van der Waals surface area contributed by atoms with Crippen molar-refractivity contribution < 1.29 is 4.74 Å². The van der Waals surface area contributed by atoms with Gasteiger partial charge in [-0.2, -0.15) is 5.10 Å². The van der Waals surface area contributed by atoms with E-state index in [4.69, 9.17) is 4.74 Å². The van der Waals surface area contributed by atoms with Crippen LogP contribution in [0.2, 0.25) is 0 Å². The van der Waals surface area contributed by atoms with Gasteiger partial charge in [-0.3, -0.25) is 0 Å². The molecule has 2 rings (SSSR count). The summed E-state index contributed by atoms with van der Waals surface area (Å²) in [4.78, 5) is 0. The van der Waals surface area contributed by atoms with Gasteiger partial charge in [0.05, 0.1) is 16.4 Å². The zero-order chi connectivity index (χ0) is 8.39. The molecule has 0 unspecified atom stereocenters. The summed E-state index contributed by atoms with van der Waals surface area (Å²) in [5.74, 6) is 0.833. The van der Waals surface area contributed by atoms with Gasteiger partial charge in [0.2, 0.25) is 0 Å². The van der Waals surface area contributed by atoms with Gasteiger partial charge in [-0.05, 0) is 41.4 Å². The summed E-state index contributed by atoms with van der Waals surface area (Å²) in [6.07, 6.45) is 6.50. The van der Waals surface area contributed by atoms with E-state index in [9.17, 15) is 0 Å². The fourth-order valence-electron chi connectivity index (χ4n) is 1.01. The van der Waals surface area contributed by atoms with Crippen LogP contribution in [-0.4, -0.2) is 16.4 Å². The molecule has 0 aliphatic heterocycles. The normalized spacial score (nSPS) is 16.8. The number of hydrogen-bond acceptors (Lipinski definition) is 2. The molecule has 0 aromatic carbocycles. The van der Waals surface area contributed by atoms with Crippen molar-refractivity contribution in [1.82, 2.24) is 9.78 Å². The van der Waals surface area contributed by atoms with Gasteiger partial charge in [0, 0.05) is 6.20 Å². The Labute approximate surface area is 85.2 Å². The Morgan fingerprint density at radius 1 is 1.67 bits per heavy atom. The van der Waals surface area contributed by atoms with Gasteiger partial charge < -0.3 is 4.74 Å². The van der Waals surface area contributed by atoms with Crippen molar-refractivity contribution in [2.45, 2.75) is 19.6 Å². The van der Waals surface area contributed by atoms with Gasteiger partial charge in [0.15, 0.2) is 0 Å². The Bertz CT molecular complexity index is 257. The number of nitrogens with zero attached hydrogens (tertiary/aromatic N) is 2. The quantitative estimate of drug-likeness (QED) is 0.786. The van der Waals surface area contributed by atoms with Gasteiger partial charge >= 0.3 is 0 Å². The number of aromatic nitrogens is 2. The fraction of sp³-hybridized carbons (Fsp3) is 0.625. The Morgan fingerprint density at radius 3 is 3.08 bits per heavy atom. The molecule has 0 saturated heterocycles. The molecule has 1 aromatic rings. The average molecular weight is 278 g/mol. The molecular formula is C8H11IN2O. The maximum atomic E-state index is 5.45. The second-order valence-electron chi connectivity index (χ2n) is 3.14. The van der Waals surface area contributed by atoms with Crippen LogP contribution in [0.15, 0.2) is 12.4 Å². The van der Waals surface area contributed by atoms with E-state index in [1.807, 2.05) is 17.1 Å². The van der Waals surface area contributed by atoms with Crippen LogP contribution in [0.1, 0.15) is 12.8 Å². The molecular weight excluding hydrogens is 267 g/mol. The molecule has 0 atom stereocenters. The summed E-state index contributed by atoms with van der Waals surface area (Å²) in [6.45, 7) is 1.50. The van der Waals surface area contributed by atoms with E-state index in [1.54, 1.807) is 0 Å². The van der Waals surface area contributed by atoms with Crippen molar-refractivity contribution in [3.05, 3.63) is 16.0 Å². The van der Waals surface area contributed by atoms with Crippen LogP contribution in [0, 0.1) is 9.49 Å². The lowest BCUT2D eigenvalue weighted by Gasteiger charge is -2.01. The second-order valence-corrected chi connectivity index (χ2v) is 4.39. The van der Waals surface area contributed by atoms with Gasteiger partial charge in [0.1, 0.15) is 6.73 Å². The first-order chi connectivity index (χ1) is 5.84. The second kappa shape index (κ2) is 3.74. The monoisotopic (exact) mass is 278 g/mol. The Balaban J connectivity index is 1.71. The van der Waals surface area contributed by atoms with Crippen molar-refractivity contribution in [2.24, 2.45) is 5.92 Å². The summed E-state index contributed by atoms with van der Waals surface area (Å²) in [6, 6.07) is 0. The minimum absolute atomic E-state index is 0.597. The van der Waals surface area contributed by atoms with Crippen LogP contribution in [0.4, 0.5) is 0 Å². The first kappa shape index (κ1) is 8.50. The lowest BCUT2D eigenvalue weighted by Crippen LogP contribution is -2.04. The fourth-order valence-corrected chi connectivity index (χ4v) is 1.45. The van der Waals surface area contributed by atoms with Crippen molar-refractivity contribution in [2.75, 3.05) is 6.61 Å². The molecule has 1 saturated carbocycles. The predicted molar refractivity (Wildman–Crippen MR) is 53.6 cm³/mol. The highest BCUT2D eigenvalue weighted by Gasteiger charge is 2.20. The van der Waals surface area contributed by atoms with E-state index >= 15 is 0 Å². The summed E-state index contributed by atoms with van der Waals surface area (Å²) < 4.78 is 8.43. The average Bonchev–Trinajstić information content (AvgIpc) is 2.76. The summed E-state index contributed by atoms with van der Waals surface area (Å²) in [7, 11) is 0. The molecule has 0 bridgehead atoms. The Hall–Kier alpha value is -0.100. The molecule has 12 heavy (non-hydrogen) atoms. The molecule has 0 spiro atoms. The Morgan fingerprint density at radius 2 is 2.50 bits per heavy atom. The van der Waals surface area contributed by atoms with Gasteiger partial charge in [-0.15, -0.1) is 0 Å². The largest absolute Gasteiger partial charge is 0.359 e. The van der Waals surface area contributed by atoms with Crippen LogP contribution in [0.5, 0.6) is 0 Å². The molecule has 1 heterocycles. The standard InChI is InChI=1S/C8H11IN2O/c9-8-3-10-11(4-8)6-12-5-7-1-2-7/h3-4,7H,1-2,5-6H2. The molecule has 1 fully saturated rings. The highest BCUT2D eigenvalue weighted by atomic mass is 127. The SMILES string of the molecule is Ic1cnn(COCC2CC2)c1. The van der Waals surface area contributed by atoms with Gasteiger partial charge in [-0.1, -0.05) is 0 Å². The summed E-state index contributed by atoms with van der Waals surface area (Å²) >= 11 is 2.24. The van der Waals surface area contributed by atoms with E-state index in [0.29, 0.717) is 6.73 Å². The molecule has 0 N–H and O–H groups in total. The Kier molecular flexibility index (Phi) is 2.65. The zero-order valence-corrected chi connectivity index (χ0v) is 8.90. The number of hydrogen-bond donors (Lipinski definition) is 0. The van der Waals surface area contributed by atoms with Gasteiger partial charge in [-0.25, -0.2) is 4.68 Å². The highest BCUT2D eigenvalue weighted by molar-refractivity contribution is 14.1. The van der Waals surface area contributed by atoms with Crippen LogP contribution in [0.3, 0.4) is 0 Å². The van der Waals surface area contributed by atoms with E-state index in [2.05, 4.69) is 27.7 Å². The van der Waals surface area contributed by atoms with E-state index in [1.165, 1.54) is 12.8 Å². The zero-order valence-electron chi connectivity index (χ0n) is 6.74. The van der Waals surface area contributed by atoms with Crippen molar-refractivity contribution in [3.63, 3.8) is 0 Å². The molecule has 1 aliphatic rings. The number of halogens is 1. The first-order valence-corrected chi connectivity index (χ1v) is 5.18. The third-order valence-corrected chi connectivity index (χ3v) is 2.43. The van der Waals surface area contributed by atoms with Crippen LogP contribution < -0.4 is 0 Å². The third kappa shape index (κ3) is 2.45. The lowest BCUT2D eigenvalue weighted by atomic mass is 10.5. The van der Waals surface area contributed by atoms with Crippen molar-refractivity contribution >= 4 is 22.6 Å². The first-order valence-electron chi connectivity index (χ1n) is 4.10. The van der Waals surface area contributed by atoms with Crippen molar-refractivity contribution in [3.8, 4) is 0 Å². The maximum absolute atomic E-state index is 5.45. The molecule has 1 aliphatic carbocycles. The van der Waals surface area contributed by atoms with E-state index in [0.717, 1.165) is 16.1 Å². The minimum atomic E-state index is 0.597. The minimum Gasteiger partial charge on any atom is -0.359 e. The number of rotatable bonds is 4. The van der Waals surface area contributed by atoms with Crippen LogP contribution in [-0.2, 0) is 11.5 Å². The molecule has 0 amide bonds. The molecule has 1 aromatic heterocycles. The van der Waals surface area contributed by atoms with E-state index in [-0.39, 0.29) is 0 Å². The lowest BCUT2D eigenvalue weighted by molar-refractivity contribution is 0.0611. The number of ether oxygens (including phenoxy) is 1. The third-order valence-electron chi connectivity index (χ3n) is 1.88. The van der Waals surface area contributed by atoms with E-state index < -0.39 is 0 Å². The molecule has 66 valence electrons. The van der Waals surface area contributed by atoms with Crippen molar-refractivity contribution in [1.29, 1.82) is 0 Å².